The zero-order valence-corrected chi connectivity index (χ0v) is 14.5. The molecule has 1 aromatic carbocycles. The number of nitrogens with zero attached hydrogens (tertiary/aromatic N) is 3. The molecule has 7 heteroatoms. The largest absolute Gasteiger partial charge is 0.480 e. The fraction of sp³-hybridized carbons (Fsp3) is 0.211. The Morgan fingerprint density at radius 1 is 1.08 bits per heavy atom. The molecule has 0 fully saturated rings. The van der Waals surface area contributed by atoms with Crippen LogP contribution in [0.2, 0.25) is 0 Å². The van der Waals surface area contributed by atoms with Crippen LogP contribution in [-0.4, -0.2) is 31.3 Å². The number of carbonyl (C=O) groups is 2. The van der Waals surface area contributed by atoms with E-state index in [-0.39, 0.29) is 17.6 Å². The van der Waals surface area contributed by atoms with E-state index in [0.717, 1.165) is 11.3 Å². The molecule has 3 rings (SSSR count). The second kappa shape index (κ2) is 7.26. The first-order valence-corrected chi connectivity index (χ1v) is 8.28. The summed E-state index contributed by atoms with van der Waals surface area (Å²) in [6.45, 7) is 3.40. The lowest BCUT2D eigenvalue weighted by molar-refractivity contribution is -0.140. The van der Waals surface area contributed by atoms with Crippen LogP contribution in [0.3, 0.4) is 0 Å². The van der Waals surface area contributed by atoms with Crippen molar-refractivity contribution in [3.05, 3.63) is 72.3 Å². The number of hydrogen-bond donors (Lipinski definition) is 2. The van der Waals surface area contributed by atoms with Gasteiger partial charge in [0.1, 0.15) is 11.7 Å². The third-order valence-corrected chi connectivity index (χ3v) is 4.22. The van der Waals surface area contributed by atoms with Gasteiger partial charge in [-0.1, -0.05) is 12.1 Å². The van der Waals surface area contributed by atoms with Gasteiger partial charge in [0.15, 0.2) is 0 Å². The van der Waals surface area contributed by atoms with E-state index in [9.17, 15) is 9.59 Å². The molecule has 2 aromatic heterocycles. The van der Waals surface area contributed by atoms with Crippen LogP contribution in [0.15, 0.2) is 61.1 Å². The first-order chi connectivity index (χ1) is 12.5. The number of aromatic nitrogens is 3. The van der Waals surface area contributed by atoms with E-state index < -0.39 is 12.0 Å². The molecule has 0 spiro atoms. The maximum absolute atomic E-state index is 12.4. The van der Waals surface area contributed by atoms with Crippen LogP contribution in [0.1, 0.15) is 42.0 Å². The molecule has 0 radical (unpaired) electrons. The van der Waals surface area contributed by atoms with Crippen LogP contribution >= 0.6 is 0 Å². The van der Waals surface area contributed by atoms with Crippen molar-refractivity contribution in [1.29, 1.82) is 0 Å². The second-order valence-electron chi connectivity index (χ2n) is 6.08. The van der Waals surface area contributed by atoms with Crippen molar-refractivity contribution in [2.24, 2.45) is 0 Å². The van der Waals surface area contributed by atoms with Crippen molar-refractivity contribution in [2.45, 2.75) is 25.9 Å². The molecule has 2 unspecified atom stereocenters. The van der Waals surface area contributed by atoms with Crippen molar-refractivity contribution < 1.29 is 14.7 Å². The van der Waals surface area contributed by atoms with Crippen molar-refractivity contribution in [3.63, 3.8) is 0 Å². The average Bonchev–Trinajstić information content (AvgIpc) is 3.33. The quantitative estimate of drug-likeness (QED) is 0.714. The van der Waals surface area contributed by atoms with Gasteiger partial charge in [-0.3, -0.25) is 9.48 Å². The van der Waals surface area contributed by atoms with Gasteiger partial charge in [-0.15, -0.1) is 0 Å². The van der Waals surface area contributed by atoms with Gasteiger partial charge in [0.05, 0.1) is 6.04 Å². The number of carboxylic acid groups (broad SMARTS) is 1. The predicted molar refractivity (Wildman–Crippen MR) is 96.2 cm³/mol. The molecular formula is C19H20N4O3. The minimum atomic E-state index is -1.00. The van der Waals surface area contributed by atoms with Gasteiger partial charge in [-0.2, -0.15) is 5.10 Å². The van der Waals surface area contributed by atoms with Gasteiger partial charge < -0.3 is 15.0 Å². The lowest BCUT2D eigenvalue weighted by Crippen LogP contribution is -2.27. The molecule has 7 nitrogen and oxygen atoms in total. The fourth-order valence-electron chi connectivity index (χ4n) is 2.60. The fourth-order valence-corrected chi connectivity index (χ4v) is 2.60. The van der Waals surface area contributed by atoms with E-state index in [0.29, 0.717) is 0 Å². The highest BCUT2D eigenvalue weighted by Gasteiger charge is 2.18. The topological polar surface area (TPSA) is 89.2 Å². The molecule has 0 saturated carbocycles. The van der Waals surface area contributed by atoms with Crippen LogP contribution in [-0.2, 0) is 4.79 Å². The Kier molecular flexibility index (Phi) is 4.88. The molecule has 0 saturated heterocycles. The first-order valence-electron chi connectivity index (χ1n) is 8.28. The maximum atomic E-state index is 12.4. The van der Waals surface area contributed by atoms with E-state index in [1.807, 2.05) is 60.3 Å². The van der Waals surface area contributed by atoms with Crippen LogP contribution in [0.25, 0.3) is 5.69 Å². The summed E-state index contributed by atoms with van der Waals surface area (Å²) in [6, 6.07) is 12.3. The summed E-state index contributed by atoms with van der Waals surface area (Å²) in [5.74, 6) is -1.35. The van der Waals surface area contributed by atoms with Gasteiger partial charge in [0.25, 0.3) is 5.91 Å². The molecule has 0 bridgehead atoms. The number of benzene rings is 1. The highest BCUT2D eigenvalue weighted by atomic mass is 16.4. The normalized spacial score (nSPS) is 13.2. The van der Waals surface area contributed by atoms with Crippen LogP contribution in [0.5, 0.6) is 0 Å². The third kappa shape index (κ3) is 3.66. The van der Waals surface area contributed by atoms with Crippen molar-refractivity contribution in [3.8, 4) is 5.69 Å². The standard InChI is InChI=1S/C19H20N4O3/c1-13(15-6-5-7-16(12-15)22-9-3-4-10-22)20-18(24)17-8-11-23(21-17)14(2)19(25)26/h3-14H,1-2H3,(H,20,24)(H,25,26). The minimum Gasteiger partial charge on any atom is -0.480 e. The number of aliphatic carboxylic acids is 1. The zero-order chi connectivity index (χ0) is 18.7. The van der Waals surface area contributed by atoms with E-state index >= 15 is 0 Å². The Bertz CT molecular complexity index is 915. The monoisotopic (exact) mass is 352 g/mol. The molecule has 3 aromatic rings. The molecule has 26 heavy (non-hydrogen) atoms. The molecule has 2 heterocycles. The lowest BCUT2D eigenvalue weighted by Gasteiger charge is -2.15. The number of rotatable bonds is 6. The summed E-state index contributed by atoms with van der Waals surface area (Å²) >= 11 is 0. The number of amides is 1. The summed E-state index contributed by atoms with van der Waals surface area (Å²) in [6.07, 6.45) is 5.41. The Balaban J connectivity index is 1.72. The molecule has 0 aliphatic carbocycles. The summed E-state index contributed by atoms with van der Waals surface area (Å²) in [7, 11) is 0. The SMILES string of the molecule is CC(NC(=O)c1ccn(C(C)C(=O)O)n1)c1cccc(-n2cccc2)c1. The highest BCUT2D eigenvalue weighted by molar-refractivity contribution is 5.92. The van der Waals surface area contributed by atoms with Crippen LogP contribution in [0, 0.1) is 0 Å². The maximum Gasteiger partial charge on any atom is 0.328 e. The van der Waals surface area contributed by atoms with Gasteiger partial charge in [-0.25, -0.2) is 4.79 Å². The molecule has 2 N–H and O–H groups in total. The summed E-state index contributed by atoms with van der Waals surface area (Å²) in [4.78, 5) is 23.4. The van der Waals surface area contributed by atoms with Crippen LogP contribution in [0.4, 0.5) is 0 Å². The lowest BCUT2D eigenvalue weighted by atomic mass is 10.1. The van der Waals surface area contributed by atoms with E-state index in [1.165, 1.54) is 23.9 Å². The number of nitrogens with one attached hydrogen (secondary N) is 1. The Hall–Kier alpha value is -3.35. The molecule has 1 amide bonds. The smallest absolute Gasteiger partial charge is 0.328 e. The zero-order valence-electron chi connectivity index (χ0n) is 14.5. The average molecular weight is 352 g/mol. The predicted octanol–water partition coefficient (Wildman–Crippen LogP) is 2.81. The molecule has 0 aliphatic heterocycles. The molecule has 2 atom stereocenters. The van der Waals surface area contributed by atoms with Crippen molar-refractivity contribution in [2.75, 3.05) is 0 Å². The third-order valence-electron chi connectivity index (χ3n) is 4.22. The van der Waals surface area contributed by atoms with E-state index in [4.69, 9.17) is 5.11 Å². The second-order valence-corrected chi connectivity index (χ2v) is 6.08. The van der Waals surface area contributed by atoms with Gasteiger partial charge >= 0.3 is 5.97 Å². The van der Waals surface area contributed by atoms with E-state index in [1.54, 1.807) is 0 Å². The Morgan fingerprint density at radius 3 is 2.50 bits per heavy atom. The Labute approximate surface area is 150 Å². The molecule has 134 valence electrons. The summed E-state index contributed by atoms with van der Waals surface area (Å²) < 4.78 is 3.25. The Morgan fingerprint density at radius 2 is 1.81 bits per heavy atom. The van der Waals surface area contributed by atoms with Gasteiger partial charge in [0.2, 0.25) is 0 Å². The first kappa shape index (κ1) is 17.5. The summed E-state index contributed by atoms with van der Waals surface area (Å²) in [5.41, 5.74) is 2.16. The molecule has 0 aliphatic rings. The van der Waals surface area contributed by atoms with Crippen molar-refractivity contribution in [1.82, 2.24) is 19.7 Å². The molecular weight excluding hydrogens is 332 g/mol. The van der Waals surface area contributed by atoms with Gasteiger partial charge in [0, 0.05) is 24.3 Å². The summed E-state index contributed by atoms with van der Waals surface area (Å²) in [5, 5.41) is 16.0. The number of hydrogen-bond acceptors (Lipinski definition) is 3. The minimum absolute atomic E-state index is 0.187. The highest BCUT2D eigenvalue weighted by Crippen LogP contribution is 2.18. The number of carbonyl (C=O) groups excluding carboxylic acids is 1. The van der Waals surface area contributed by atoms with Crippen molar-refractivity contribution >= 4 is 11.9 Å². The van der Waals surface area contributed by atoms with Crippen LogP contribution < -0.4 is 5.32 Å². The van der Waals surface area contributed by atoms with E-state index in [2.05, 4.69) is 10.4 Å². The van der Waals surface area contributed by atoms with Gasteiger partial charge in [-0.05, 0) is 49.7 Å². The number of carboxylic acids is 1.